The Hall–Kier alpha value is -1.43. The van der Waals surface area contributed by atoms with Gasteiger partial charge in [0.1, 0.15) is 6.04 Å². The molecule has 0 bridgehead atoms. The van der Waals surface area contributed by atoms with Crippen LogP contribution in [0.3, 0.4) is 0 Å². The monoisotopic (exact) mass is 213 g/mol. The van der Waals surface area contributed by atoms with Crippen LogP contribution < -0.4 is 5.32 Å². The molecule has 0 amide bonds. The van der Waals surface area contributed by atoms with Crippen LogP contribution in [0.1, 0.15) is 25.6 Å². The quantitative estimate of drug-likeness (QED) is 0.743. The number of hydrogen-bond acceptors (Lipinski definition) is 5. The van der Waals surface area contributed by atoms with Gasteiger partial charge in [0.05, 0.1) is 6.54 Å². The standard InChI is InChI=1S/C9H15N3O3/c1-5(2)8(9(13)14)10-4-7-11-6(3)15-12-7/h5,8,10H,4H2,1-3H3,(H,13,14)/t8-/m0/s1. The van der Waals surface area contributed by atoms with E-state index in [4.69, 9.17) is 9.63 Å². The van der Waals surface area contributed by atoms with Gasteiger partial charge < -0.3 is 9.63 Å². The lowest BCUT2D eigenvalue weighted by atomic mass is 10.1. The largest absolute Gasteiger partial charge is 0.480 e. The molecule has 0 aliphatic heterocycles. The number of aryl methyl sites for hydroxylation is 1. The number of rotatable bonds is 5. The smallest absolute Gasteiger partial charge is 0.320 e. The zero-order valence-electron chi connectivity index (χ0n) is 9.02. The van der Waals surface area contributed by atoms with Crippen molar-refractivity contribution in [3.63, 3.8) is 0 Å². The number of carboxylic acid groups (broad SMARTS) is 1. The van der Waals surface area contributed by atoms with E-state index in [0.717, 1.165) is 0 Å². The second kappa shape index (κ2) is 4.88. The van der Waals surface area contributed by atoms with E-state index in [1.807, 2.05) is 13.8 Å². The average molecular weight is 213 g/mol. The van der Waals surface area contributed by atoms with E-state index >= 15 is 0 Å². The van der Waals surface area contributed by atoms with Gasteiger partial charge in [-0.05, 0) is 5.92 Å². The van der Waals surface area contributed by atoms with E-state index in [-0.39, 0.29) is 5.92 Å². The van der Waals surface area contributed by atoms with Crippen LogP contribution in [0, 0.1) is 12.8 Å². The molecule has 0 unspecified atom stereocenters. The van der Waals surface area contributed by atoms with E-state index in [1.54, 1.807) is 6.92 Å². The molecule has 1 aromatic heterocycles. The highest BCUT2D eigenvalue weighted by Crippen LogP contribution is 2.03. The van der Waals surface area contributed by atoms with Crippen LogP contribution >= 0.6 is 0 Å². The summed E-state index contributed by atoms with van der Waals surface area (Å²) in [6.07, 6.45) is 0. The first-order chi connectivity index (χ1) is 7.00. The van der Waals surface area contributed by atoms with Crippen molar-refractivity contribution >= 4 is 5.97 Å². The third-order valence-electron chi connectivity index (χ3n) is 1.98. The van der Waals surface area contributed by atoms with Gasteiger partial charge in [0.15, 0.2) is 5.82 Å². The molecule has 0 aliphatic carbocycles. The van der Waals surface area contributed by atoms with Gasteiger partial charge in [-0.3, -0.25) is 10.1 Å². The fraction of sp³-hybridized carbons (Fsp3) is 0.667. The molecule has 2 N–H and O–H groups in total. The number of nitrogens with one attached hydrogen (secondary N) is 1. The second-order valence-electron chi connectivity index (χ2n) is 3.67. The summed E-state index contributed by atoms with van der Waals surface area (Å²) in [6, 6.07) is -0.594. The van der Waals surface area contributed by atoms with Crippen LogP contribution in [-0.4, -0.2) is 27.3 Å². The van der Waals surface area contributed by atoms with Crippen LogP contribution in [0.2, 0.25) is 0 Å². The lowest BCUT2D eigenvalue weighted by Gasteiger charge is -2.16. The van der Waals surface area contributed by atoms with Crippen molar-refractivity contribution in [3.05, 3.63) is 11.7 Å². The summed E-state index contributed by atoms with van der Waals surface area (Å²) in [6.45, 7) is 5.67. The van der Waals surface area contributed by atoms with Gasteiger partial charge >= 0.3 is 5.97 Å². The minimum Gasteiger partial charge on any atom is -0.480 e. The lowest BCUT2D eigenvalue weighted by molar-refractivity contribution is -0.140. The molecule has 0 radical (unpaired) electrons. The van der Waals surface area contributed by atoms with Gasteiger partial charge in [-0.1, -0.05) is 19.0 Å². The van der Waals surface area contributed by atoms with Crippen molar-refractivity contribution in [1.82, 2.24) is 15.5 Å². The number of carboxylic acids is 1. The maximum absolute atomic E-state index is 10.8. The summed E-state index contributed by atoms with van der Waals surface area (Å²) in [5.41, 5.74) is 0. The molecule has 1 aromatic rings. The number of carbonyl (C=O) groups is 1. The van der Waals surface area contributed by atoms with Crippen molar-refractivity contribution in [2.75, 3.05) is 0 Å². The first-order valence-electron chi connectivity index (χ1n) is 4.76. The Kier molecular flexibility index (Phi) is 3.79. The van der Waals surface area contributed by atoms with E-state index in [1.165, 1.54) is 0 Å². The van der Waals surface area contributed by atoms with Crippen molar-refractivity contribution in [3.8, 4) is 0 Å². The highest BCUT2D eigenvalue weighted by molar-refractivity contribution is 5.73. The Labute approximate surface area is 87.7 Å². The Morgan fingerprint density at radius 3 is 2.67 bits per heavy atom. The molecule has 0 saturated carbocycles. The third kappa shape index (κ3) is 3.32. The molecule has 0 spiro atoms. The predicted octanol–water partition coefficient (Wildman–Crippen LogP) is 0.577. The fourth-order valence-corrected chi connectivity index (χ4v) is 1.22. The normalized spacial score (nSPS) is 13.1. The first kappa shape index (κ1) is 11.6. The molecule has 0 aromatic carbocycles. The lowest BCUT2D eigenvalue weighted by Crippen LogP contribution is -2.40. The van der Waals surface area contributed by atoms with Gasteiger partial charge in [-0.2, -0.15) is 4.98 Å². The third-order valence-corrected chi connectivity index (χ3v) is 1.98. The summed E-state index contributed by atoms with van der Waals surface area (Å²) in [7, 11) is 0. The molecule has 0 aliphatic rings. The fourth-order valence-electron chi connectivity index (χ4n) is 1.22. The van der Waals surface area contributed by atoms with E-state index < -0.39 is 12.0 Å². The molecule has 6 nitrogen and oxygen atoms in total. The van der Waals surface area contributed by atoms with Crippen molar-refractivity contribution in [1.29, 1.82) is 0 Å². The van der Waals surface area contributed by atoms with Crippen LogP contribution in [0.4, 0.5) is 0 Å². The summed E-state index contributed by atoms with van der Waals surface area (Å²) in [4.78, 5) is 14.8. The number of aliphatic carboxylic acids is 1. The molecule has 0 fully saturated rings. The molecule has 0 saturated heterocycles. The van der Waals surface area contributed by atoms with E-state index in [9.17, 15) is 4.79 Å². The van der Waals surface area contributed by atoms with Gasteiger partial charge in [-0.25, -0.2) is 0 Å². The summed E-state index contributed by atoms with van der Waals surface area (Å²) < 4.78 is 4.77. The summed E-state index contributed by atoms with van der Waals surface area (Å²) >= 11 is 0. The van der Waals surface area contributed by atoms with Crippen molar-refractivity contribution in [2.45, 2.75) is 33.4 Å². The SMILES string of the molecule is Cc1nc(CN[C@H](C(=O)O)C(C)C)no1. The highest BCUT2D eigenvalue weighted by Gasteiger charge is 2.21. The minimum atomic E-state index is -0.870. The molecule has 1 heterocycles. The molecule has 6 heteroatoms. The Bertz CT molecular complexity index is 335. The molecule has 15 heavy (non-hydrogen) atoms. The highest BCUT2D eigenvalue weighted by atomic mass is 16.5. The molecular formula is C9H15N3O3. The predicted molar refractivity (Wildman–Crippen MR) is 52.1 cm³/mol. The van der Waals surface area contributed by atoms with Crippen LogP contribution in [0.25, 0.3) is 0 Å². The van der Waals surface area contributed by atoms with Gasteiger partial charge in [0, 0.05) is 6.92 Å². The van der Waals surface area contributed by atoms with Crippen LogP contribution in [0.5, 0.6) is 0 Å². The van der Waals surface area contributed by atoms with E-state index in [0.29, 0.717) is 18.3 Å². The number of aromatic nitrogens is 2. The topological polar surface area (TPSA) is 88.2 Å². The van der Waals surface area contributed by atoms with Gasteiger partial charge in [0.25, 0.3) is 0 Å². The second-order valence-corrected chi connectivity index (χ2v) is 3.67. The Balaban J connectivity index is 2.50. The maximum Gasteiger partial charge on any atom is 0.320 e. The zero-order valence-corrected chi connectivity index (χ0v) is 9.02. The minimum absolute atomic E-state index is 0.00972. The first-order valence-corrected chi connectivity index (χ1v) is 4.76. The maximum atomic E-state index is 10.8. The summed E-state index contributed by atoms with van der Waals surface area (Å²) in [5, 5.41) is 15.4. The van der Waals surface area contributed by atoms with Gasteiger partial charge in [0.2, 0.25) is 5.89 Å². The number of hydrogen-bond donors (Lipinski definition) is 2. The van der Waals surface area contributed by atoms with Gasteiger partial charge in [-0.15, -0.1) is 0 Å². The molecular weight excluding hydrogens is 198 g/mol. The van der Waals surface area contributed by atoms with Crippen LogP contribution in [0.15, 0.2) is 4.52 Å². The molecule has 1 rings (SSSR count). The zero-order chi connectivity index (χ0) is 11.4. The molecule has 1 atom stereocenters. The molecule has 84 valence electrons. The van der Waals surface area contributed by atoms with Crippen molar-refractivity contribution < 1.29 is 14.4 Å². The van der Waals surface area contributed by atoms with Crippen LogP contribution in [-0.2, 0) is 11.3 Å². The Morgan fingerprint density at radius 2 is 2.27 bits per heavy atom. The average Bonchev–Trinajstić information content (AvgIpc) is 2.50. The summed E-state index contributed by atoms with van der Waals surface area (Å²) in [5.74, 6) is 0.0864. The van der Waals surface area contributed by atoms with E-state index in [2.05, 4.69) is 15.5 Å². The number of nitrogens with zero attached hydrogens (tertiary/aromatic N) is 2. The Morgan fingerprint density at radius 1 is 1.60 bits per heavy atom. The van der Waals surface area contributed by atoms with Crippen molar-refractivity contribution in [2.24, 2.45) is 5.92 Å².